The second-order valence-corrected chi connectivity index (χ2v) is 17.3. The molecule has 1 rings (SSSR count). The standard InChI is InChI=1S/C49H90O11/c1-3-5-7-9-11-13-15-17-19-20-21-22-24-25-27-29-31-33-35-37-42(50)57-39-41(40-58-49-46(54)44(52)45(53)47(60-49)48(55)56)59-43(51)38-36-34-32-30-28-26-23-18-16-14-12-10-8-6-4-2/h17,19,41,44-47,49,52-54H,3-16,18,20-40H2,1-2H3,(H,55,56)/b19-17-. The van der Waals surface area contributed by atoms with Crippen molar-refractivity contribution in [2.45, 2.75) is 269 Å². The van der Waals surface area contributed by atoms with E-state index in [0.717, 1.165) is 38.5 Å². The monoisotopic (exact) mass is 855 g/mol. The van der Waals surface area contributed by atoms with Gasteiger partial charge in [0.15, 0.2) is 18.5 Å². The van der Waals surface area contributed by atoms with Crippen molar-refractivity contribution in [3.05, 3.63) is 12.2 Å². The predicted octanol–water partition coefficient (Wildman–Crippen LogP) is 11.2. The average molecular weight is 855 g/mol. The van der Waals surface area contributed by atoms with Gasteiger partial charge in [0, 0.05) is 12.8 Å². The van der Waals surface area contributed by atoms with E-state index in [9.17, 15) is 34.8 Å². The van der Waals surface area contributed by atoms with Crippen LogP contribution in [-0.4, -0.2) is 88.4 Å². The number of carboxylic acid groups (broad SMARTS) is 1. The van der Waals surface area contributed by atoms with Gasteiger partial charge in [0.05, 0.1) is 6.61 Å². The molecule has 0 spiro atoms. The van der Waals surface area contributed by atoms with Crippen molar-refractivity contribution in [3.63, 3.8) is 0 Å². The lowest BCUT2D eigenvalue weighted by molar-refractivity contribution is -0.298. The van der Waals surface area contributed by atoms with Crippen molar-refractivity contribution in [2.75, 3.05) is 13.2 Å². The number of rotatable bonds is 42. The van der Waals surface area contributed by atoms with E-state index in [1.165, 1.54) is 154 Å². The molecule has 1 aliphatic rings. The summed E-state index contributed by atoms with van der Waals surface area (Å²) in [6.07, 6.45) is 34.0. The molecule has 0 aromatic carbocycles. The Labute approximate surface area is 365 Å². The molecule has 0 amide bonds. The Morgan fingerprint density at radius 2 is 0.883 bits per heavy atom. The van der Waals surface area contributed by atoms with E-state index in [1.54, 1.807) is 0 Å². The molecule has 60 heavy (non-hydrogen) atoms. The highest BCUT2D eigenvalue weighted by molar-refractivity contribution is 5.73. The van der Waals surface area contributed by atoms with Crippen LogP contribution in [0.5, 0.6) is 0 Å². The fourth-order valence-corrected chi connectivity index (χ4v) is 7.70. The molecule has 1 heterocycles. The Hall–Kier alpha value is -2.05. The van der Waals surface area contributed by atoms with E-state index < -0.39 is 54.7 Å². The van der Waals surface area contributed by atoms with Gasteiger partial charge in [-0.1, -0.05) is 193 Å². The minimum Gasteiger partial charge on any atom is -0.479 e. The van der Waals surface area contributed by atoms with E-state index >= 15 is 0 Å². The summed E-state index contributed by atoms with van der Waals surface area (Å²) >= 11 is 0. The molecule has 1 saturated heterocycles. The number of hydrogen-bond donors (Lipinski definition) is 4. The first-order valence-corrected chi connectivity index (χ1v) is 24.7. The number of ether oxygens (including phenoxy) is 4. The van der Waals surface area contributed by atoms with Gasteiger partial charge in [-0.3, -0.25) is 9.59 Å². The molecular formula is C49H90O11. The van der Waals surface area contributed by atoms with Crippen molar-refractivity contribution in [1.29, 1.82) is 0 Å². The summed E-state index contributed by atoms with van der Waals surface area (Å²) in [6, 6.07) is 0. The van der Waals surface area contributed by atoms with Crippen molar-refractivity contribution in [2.24, 2.45) is 0 Å². The van der Waals surface area contributed by atoms with Gasteiger partial charge in [-0.25, -0.2) is 4.79 Å². The smallest absolute Gasteiger partial charge is 0.335 e. The van der Waals surface area contributed by atoms with Crippen LogP contribution in [0, 0.1) is 0 Å². The summed E-state index contributed by atoms with van der Waals surface area (Å²) in [6.45, 7) is 3.84. The molecule has 4 N–H and O–H groups in total. The lowest BCUT2D eigenvalue weighted by Crippen LogP contribution is -2.60. The molecule has 0 saturated carbocycles. The third kappa shape index (κ3) is 30.9. The number of carbonyl (C=O) groups excluding carboxylic acids is 2. The number of aliphatic hydroxyl groups is 3. The van der Waals surface area contributed by atoms with Crippen molar-refractivity contribution < 1.29 is 53.8 Å². The van der Waals surface area contributed by atoms with E-state index in [0.29, 0.717) is 12.8 Å². The first-order valence-electron chi connectivity index (χ1n) is 24.7. The molecule has 352 valence electrons. The Morgan fingerprint density at radius 1 is 0.500 bits per heavy atom. The third-order valence-corrected chi connectivity index (χ3v) is 11.6. The molecule has 11 heteroatoms. The fraction of sp³-hybridized carbons (Fsp3) is 0.898. The van der Waals surface area contributed by atoms with E-state index in [4.69, 9.17) is 18.9 Å². The zero-order chi connectivity index (χ0) is 43.9. The maximum absolute atomic E-state index is 12.8. The van der Waals surface area contributed by atoms with Gasteiger partial charge in [0.25, 0.3) is 0 Å². The molecule has 6 unspecified atom stereocenters. The average Bonchev–Trinajstić information content (AvgIpc) is 3.23. The maximum Gasteiger partial charge on any atom is 0.335 e. The van der Waals surface area contributed by atoms with Gasteiger partial charge in [-0.05, 0) is 38.5 Å². The lowest BCUT2D eigenvalue weighted by Gasteiger charge is -2.38. The molecule has 1 aliphatic heterocycles. The summed E-state index contributed by atoms with van der Waals surface area (Å²) in [5.74, 6) is -2.43. The van der Waals surface area contributed by atoms with Crippen molar-refractivity contribution >= 4 is 17.9 Å². The number of esters is 2. The molecule has 1 fully saturated rings. The SMILES string of the molecule is CCCCCCCC/C=C\CCCCCCCCCCCC(=O)OCC(COC1OC(C(=O)O)C(O)C(O)C1O)OC(=O)CCCCCCCCCCCCCCCCC. The van der Waals surface area contributed by atoms with Gasteiger partial charge >= 0.3 is 17.9 Å². The number of aliphatic carboxylic acids is 1. The van der Waals surface area contributed by atoms with Crippen molar-refractivity contribution in [1.82, 2.24) is 0 Å². The number of aliphatic hydroxyl groups excluding tert-OH is 3. The molecule has 6 atom stereocenters. The summed E-state index contributed by atoms with van der Waals surface area (Å²) in [5, 5.41) is 39.9. The zero-order valence-corrected chi connectivity index (χ0v) is 38.2. The van der Waals surface area contributed by atoms with Crippen LogP contribution >= 0.6 is 0 Å². The van der Waals surface area contributed by atoms with Gasteiger partial charge in [-0.2, -0.15) is 0 Å². The number of unbranched alkanes of at least 4 members (excludes halogenated alkanes) is 29. The van der Waals surface area contributed by atoms with Gasteiger partial charge in [0.2, 0.25) is 0 Å². The van der Waals surface area contributed by atoms with Gasteiger partial charge in [0.1, 0.15) is 24.9 Å². The number of carboxylic acids is 1. The van der Waals surface area contributed by atoms with Crippen LogP contribution in [0.25, 0.3) is 0 Å². The zero-order valence-electron chi connectivity index (χ0n) is 38.2. The van der Waals surface area contributed by atoms with Crippen LogP contribution in [0.15, 0.2) is 12.2 Å². The maximum atomic E-state index is 12.8. The molecule has 0 aromatic rings. The highest BCUT2D eigenvalue weighted by atomic mass is 16.7. The summed E-state index contributed by atoms with van der Waals surface area (Å²) in [7, 11) is 0. The van der Waals surface area contributed by atoms with Gasteiger partial charge < -0.3 is 39.4 Å². The molecule has 0 bridgehead atoms. The fourth-order valence-electron chi connectivity index (χ4n) is 7.70. The number of carbonyl (C=O) groups is 3. The molecule has 0 aromatic heterocycles. The second kappa shape index (κ2) is 39.8. The third-order valence-electron chi connectivity index (χ3n) is 11.6. The quantitative estimate of drug-likeness (QED) is 0.0262. The topological polar surface area (TPSA) is 169 Å². The minimum atomic E-state index is -1.86. The molecular weight excluding hydrogens is 765 g/mol. The first kappa shape index (κ1) is 56.0. The highest BCUT2D eigenvalue weighted by Gasteiger charge is 2.47. The largest absolute Gasteiger partial charge is 0.479 e. The highest BCUT2D eigenvalue weighted by Crippen LogP contribution is 2.23. The Bertz CT molecular complexity index is 1050. The lowest BCUT2D eigenvalue weighted by atomic mass is 9.99. The van der Waals surface area contributed by atoms with E-state index in [-0.39, 0.29) is 26.1 Å². The predicted molar refractivity (Wildman–Crippen MR) is 239 cm³/mol. The summed E-state index contributed by atoms with van der Waals surface area (Å²) in [4.78, 5) is 36.9. The van der Waals surface area contributed by atoms with Crippen LogP contribution in [-0.2, 0) is 33.3 Å². The van der Waals surface area contributed by atoms with Crippen LogP contribution < -0.4 is 0 Å². The van der Waals surface area contributed by atoms with Crippen LogP contribution in [0.3, 0.4) is 0 Å². The Balaban J connectivity index is 2.30. The van der Waals surface area contributed by atoms with E-state index in [1.807, 2.05) is 0 Å². The summed E-state index contributed by atoms with van der Waals surface area (Å²) in [5.41, 5.74) is 0. The second-order valence-electron chi connectivity index (χ2n) is 17.3. The summed E-state index contributed by atoms with van der Waals surface area (Å²) < 4.78 is 21.8. The van der Waals surface area contributed by atoms with Crippen LogP contribution in [0.2, 0.25) is 0 Å². The van der Waals surface area contributed by atoms with Crippen molar-refractivity contribution in [3.8, 4) is 0 Å². The van der Waals surface area contributed by atoms with E-state index in [2.05, 4.69) is 26.0 Å². The Kier molecular flexibility index (Phi) is 37.1. The van der Waals surface area contributed by atoms with Gasteiger partial charge in [-0.15, -0.1) is 0 Å². The molecule has 11 nitrogen and oxygen atoms in total. The normalized spacial score (nSPS) is 19.8. The molecule has 0 aliphatic carbocycles. The van der Waals surface area contributed by atoms with Crippen LogP contribution in [0.1, 0.15) is 232 Å². The number of hydrogen-bond acceptors (Lipinski definition) is 10. The minimum absolute atomic E-state index is 0.188. The molecule has 0 radical (unpaired) electrons. The number of allylic oxidation sites excluding steroid dienone is 2. The van der Waals surface area contributed by atoms with Crippen LogP contribution in [0.4, 0.5) is 0 Å². The Morgan fingerprint density at radius 3 is 1.30 bits per heavy atom. The first-order chi connectivity index (χ1) is 29.2.